The molecule has 1 heterocycles. The maximum Gasteiger partial charge on any atom is 0.123 e. The molecule has 1 N–H and O–H groups in total. The van der Waals surface area contributed by atoms with Gasteiger partial charge in [0.1, 0.15) is 5.82 Å². The van der Waals surface area contributed by atoms with Crippen LogP contribution < -0.4 is 0 Å². The Bertz CT molecular complexity index is 703. The number of aromatic nitrogens is 1. The molecule has 3 heteroatoms. The van der Waals surface area contributed by atoms with Gasteiger partial charge in [0, 0.05) is 27.5 Å². The van der Waals surface area contributed by atoms with Gasteiger partial charge in [0.15, 0.2) is 0 Å². The van der Waals surface area contributed by atoms with Gasteiger partial charge in [-0.2, -0.15) is 0 Å². The lowest BCUT2D eigenvalue weighted by Gasteiger charge is -1.98. The van der Waals surface area contributed by atoms with Crippen molar-refractivity contribution < 1.29 is 4.39 Å². The average Bonchev–Trinajstić information content (AvgIpc) is 2.70. The number of hydrogen-bond donors (Lipinski definition) is 1. The number of nitrogens with one attached hydrogen (secondary N) is 1. The fourth-order valence-corrected chi connectivity index (χ4v) is 2.50. The van der Waals surface area contributed by atoms with E-state index < -0.39 is 0 Å². The van der Waals surface area contributed by atoms with Crippen LogP contribution in [0.5, 0.6) is 0 Å². The van der Waals surface area contributed by atoms with Crippen LogP contribution >= 0.6 is 15.9 Å². The molecular weight excluding hydrogens is 293 g/mol. The fraction of sp³-hybridized carbons (Fsp3) is 0.0667. The van der Waals surface area contributed by atoms with E-state index in [9.17, 15) is 4.39 Å². The molecule has 0 amide bonds. The summed E-state index contributed by atoms with van der Waals surface area (Å²) >= 11 is 3.45. The Morgan fingerprint density at radius 2 is 1.94 bits per heavy atom. The number of aromatic amines is 1. The molecule has 0 bridgehead atoms. The van der Waals surface area contributed by atoms with Crippen molar-refractivity contribution in [3.05, 3.63) is 70.1 Å². The maximum atomic E-state index is 13.1. The molecule has 2 aromatic carbocycles. The van der Waals surface area contributed by atoms with Crippen molar-refractivity contribution in [1.29, 1.82) is 0 Å². The van der Waals surface area contributed by atoms with E-state index in [0.29, 0.717) is 6.42 Å². The first kappa shape index (κ1) is 11.5. The van der Waals surface area contributed by atoms with Gasteiger partial charge in [0.05, 0.1) is 0 Å². The van der Waals surface area contributed by atoms with Crippen LogP contribution in [0.1, 0.15) is 11.3 Å². The highest BCUT2D eigenvalue weighted by Gasteiger charge is 2.03. The van der Waals surface area contributed by atoms with Gasteiger partial charge in [-0.3, -0.25) is 0 Å². The van der Waals surface area contributed by atoms with Crippen LogP contribution in [0.15, 0.2) is 53.0 Å². The summed E-state index contributed by atoms with van der Waals surface area (Å²) in [7, 11) is 0. The first-order valence-corrected chi connectivity index (χ1v) is 6.51. The van der Waals surface area contributed by atoms with Crippen molar-refractivity contribution in [3.63, 3.8) is 0 Å². The van der Waals surface area contributed by atoms with E-state index in [-0.39, 0.29) is 5.82 Å². The van der Waals surface area contributed by atoms with E-state index >= 15 is 0 Å². The monoisotopic (exact) mass is 303 g/mol. The van der Waals surface area contributed by atoms with Crippen molar-refractivity contribution in [2.24, 2.45) is 0 Å². The van der Waals surface area contributed by atoms with Crippen LogP contribution in [-0.2, 0) is 6.42 Å². The maximum absolute atomic E-state index is 13.1. The van der Waals surface area contributed by atoms with Crippen molar-refractivity contribution in [1.82, 2.24) is 4.98 Å². The summed E-state index contributed by atoms with van der Waals surface area (Å²) in [4.78, 5) is 3.35. The summed E-state index contributed by atoms with van der Waals surface area (Å²) in [6, 6.07) is 14.9. The van der Waals surface area contributed by atoms with Crippen LogP contribution in [0.3, 0.4) is 0 Å². The quantitative estimate of drug-likeness (QED) is 0.708. The third-order valence-electron chi connectivity index (χ3n) is 2.92. The molecule has 3 aromatic rings. The number of halogens is 2. The Balaban J connectivity index is 1.95. The van der Waals surface area contributed by atoms with Crippen molar-refractivity contribution >= 4 is 26.8 Å². The van der Waals surface area contributed by atoms with Gasteiger partial charge in [0.25, 0.3) is 0 Å². The highest BCUT2D eigenvalue weighted by Crippen LogP contribution is 2.21. The lowest BCUT2D eigenvalue weighted by molar-refractivity contribution is 0.626. The van der Waals surface area contributed by atoms with Gasteiger partial charge >= 0.3 is 0 Å². The van der Waals surface area contributed by atoms with Crippen molar-refractivity contribution in [3.8, 4) is 0 Å². The number of benzene rings is 2. The first-order chi connectivity index (χ1) is 8.70. The van der Waals surface area contributed by atoms with Gasteiger partial charge in [-0.25, -0.2) is 4.39 Å². The molecule has 3 rings (SSSR count). The van der Waals surface area contributed by atoms with Crippen LogP contribution in [-0.4, -0.2) is 4.98 Å². The predicted octanol–water partition coefficient (Wildman–Crippen LogP) is 4.66. The molecule has 0 saturated carbocycles. The Kier molecular flexibility index (Phi) is 2.92. The molecule has 18 heavy (non-hydrogen) atoms. The van der Waals surface area contributed by atoms with Crippen LogP contribution in [0.2, 0.25) is 0 Å². The number of hydrogen-bond acceptors (Lipinski definition) is 0. The largest absolute Gasteiger partial charge is 0.358 e. The minimum atomic E-state index is -0.189. The Morgan fingerprint density at radius 1 is 1.06 bits per heavy atom. The highest BCUT2D eigenvalue weighted by molar-refractivity contribution is 9.10. The van der Waals surface area contributed by atoms with Crippen LogP contribution in [0, 0.1) is 5.82 Å². The third kappa shape index (κ3) is 2.31. The first-order valence-electron chi connectivity index (χ1n) is 5.72. The predicted molar refractivity (Wildman–Crippen MR) is 75.2 cm³/mol. The van der Waals surface area contributed by atoms with E-state index in [4.69, 9.17) is 0 Å². The van der Waals surface area contributed by atoms with Crippen LogP contribution in [0.4, 0.5) is 4.39 Å². The second-order valence-corrected chi connectivity index (χ2v) is 5.25. The molecule has 0 atom stereocenters. The molecule has 90 valence electrons. The van der Waals surface area contributed by atoms with E-state index in [1.165, 1.54) is 6.07 Å². The number of fused-ring (bicyclic) bond motifs is 1. The summed E-state index contributed by atoms with van der Waals surface area (Å²) in [6.07, 6.45) is 0.712. The molecule has 0 fully saturated rings. The molecule has 0 spiro atoms. The lowest BCUT2D eigenvalue weighted by atomic mass is 10.1. The molecule has 0 unspecified atom stereocenters. The molecule has 0 aliphatic carbocycles. The number of rotatable bonds is 2. The summed E-state index contributed by atoms with van der Waals surface area (Å²) in [5.74, 6) is -0.189. The van der Waals surface area contributed by atoms with Gasteiger partial charge in [0.2, 0.25) is 0 Å². The van der Waals surface area contributed by atoms with E-state index in [1.807, 2.05) is 18.2 Å². The van der Waals surface area contributed by atoms with Crippen molar-refractivity contribution in [2.75, 3.05) is 0 Å². The summed E-state index contributed by atoms with van der Waals surface area (Å²) < 4.78 is 14.2. The molecule has 1 aromatic heterocycles. The summed E-state index contributed by atoms with van der Waals surface area (Å²) in [5.41, 5.74) is 3.17. The van der Waals surface area contributed by atoms with Gasteiger partial charge in [-0.05, 0) is 42.0 Å². The standard InChI is InChI=1S/C15H11BrFN/c16-12-4-5-15-11(8-12)9-14(18-15)7-10-2-1-3-13(17)6-10/h1-6,8-9,18H,7H2. The molecule has 0 radical (unpaired) electrons. The van der Waals surface area contributed by atoms with Crippen molar-refractivity contribution in [2.45, 2.75) is 6.42 Å². The number of H-pyrrole nitrogens is 1. The second kappa shape index (κ2) is 4.58. The zero-order chi connectivity index (χ0) is 12.5. The van der Waals surface area contributed by atoms with E-state index in [2.05, 4.69) is 33.0 Å². The van der Waals surface area contributed by atoms with E-state index in [1.54, 1.807) is 12.1 Å². The Hall–Kier alpha value is -1.61. The SMILES string of the molecule is Fc1cccc(Cc2cc3cc(Br)ccc3[nH]2)c1. The minimum absolute atomic E-state index is 0.189. The van der Waals surface area contributed by atoms with E-state index in [0.717, 1.165) is 26.6 Å². The molecule has 0 saturated heterocycles. The molecule has 0 aliphatic heterocycles. The second-order valence-electron chi connectivity index (χ2n) is 4.33. The lowest BCUT2D eigenvalue weighted by Crippen LogP contribution is -1.88. The normalized spacial score (nSPS) is 11.0. The topological polar surface area (TPSA) is 15.8 Å². The van der Waals surface area contributed by atoms with Gasteiger partial charge in [-0.1, -0.05) is 28.1 Å². The Labute approximate surface area is 113 Å². The molecular formula is C15H11BrFN. The molecule has 0 aliphatic rings. The zero-order valence-corrected chi connectivity index (χ0v) is 11.2. The fourth-order valence-electron chi connectivity index (χ4n) is 2.13. The third-order valence-corrected chi connectivity index (χ3v) is 3.42. The summed E-state index contributed by atoms with van der Waals surface area (Å²) in [5, 5.41) is 1.16. The minimum Gasteiger partial charge on any atom is -0.358 e. The molecule has 1 nitrogen and oxygen atoms in total. The zero-order valence-electron chi connectivity index (χ0n) is 9.58. The van der Waals surface area contributed by atoms with Gasteiger partial charge < -0.3 is 4.98 Å². The Morgan fingerprint density at radius 3 is 2.78 bits per heavy atom. The average molecular weight is 304 g/mol. The summed E-state index contributed by atoms with van der Waals surface area (Å²) in [6.45, 7) is 0. The highest BCUT2D eigenvalue weighted by atomic mass is 79.9. The smallest absolute Gasteiger partial charge is 0.123 e. The van der Waals surface area contributed by atoms with Crippen LogP contribution in [0.25, 0.3) is 10.9 Å². The van der Waals surface area contributed by atoms with Gasteiger partial charge in [-0.15, -0.1) is 0 Å².